The Kier molecular flexibility index (Phi) is 12.4. The molecule has 53 heavy (non-hydrogen) atoms. The molecule has 5 aromatic rings. The van der Waals surface area contributed by atoms with Gasteiger partial charge in [-0.2, -0.15) is 5.10 Å². The van der Waals surface area contributed by atoms with Crippen LogP contribution in [0.15, 0.2) is 97.1 Å². The highest BCUT2D eigenvalue weighted by Crippen LogP contribution is 2.29. The summed E-state index contributed by atoms with van der Waals surface area (Å²) >= 11 is 0. The van der Waals surface area contributed by atoms with Crippen molar-refractivity contribution >= 4 is 32.4 Å². The van der Waals surface area contributed by atoms with Gasteiger partial charge in [0.25, 0.3) is 11.8 Å². The number of hydrogen-bond acceptors (Lipinski definition) is 6. The lowest BCUT2D eigenvalue weighted by molar-refractivity contribution is 0.0544. The van der Waals surface area contributed by atoms with E-state index in [4.69, 9.17) is 9.84 Å². The summed E-state index contributed by atoms with van der Waals surface area (Å²) < 4.78 is 20.9. The fraction of sp³-hybridized carbons (Fsp3) is 0.310. The highest BCUT2D eigenvalue weighted by molar-refractivity contribution is 6.56. The van der Waals surface area contributed by atoms with Gasteiger partial charge in [-0.1, -0.05) is 63.1 Å². The molecule has 0 radical (unpaired) electrons. The van der Waals surface area contributed by atoms with E-state index in [1.54, 1.807) is 27.8 Å². The van der Waals surface area contributed by atoms with Crippen molar-refractivity contribution in [1.29, 1.82) is 0 Å². The number of anilines is 1. The maximum Gasteiger partial charge on any atom is 0.274 e. The van der Waals surface area contributed by atoms with Gasteiger partial charge in [0.15, 0.2) is 15.4 Å². The molecule has 0 bridgehead atoms. The highest BCUT2D eigenvalue weighted by atomic mass is 28.2. The summed E-state index contributed by atoms with van der Waals surface area (Å²) in [5, 5.41) is 16.4. The van der Waals surface area contributed by atoms with E-state index < -0.39 is 9.68 Å². The van der Waals surface area contributed by atoms with Crippen molar-refractivity contribution in [3.05, 3.63) is 131 Å². The molecule has 6 rings (SSSR count). The molecule has 2 amide bonds. The van der Waals surface area contributed by atoms with Gasteiger partial charge in [0.2, 0.25) is 0 Å². The van der Waals surface area contributed by atoms with Crippen molar-refractivity contribution in [3.63, 3.8) is 0 Å². The number of rotatable bonds is 15. The number of aliphatic hydroxyl groups is 1. The summed E-state index contributed by atoms with van der Waals surface area (Å²) in [5.74, 6) is 0.578. The molecule has 276 valence electrons. The van der Waals surface area contributed by atoms with Gasteiger partial charge in [0, 0.05) is 31.0 Å². The van der Waals surface area contributed by atoms with Gasteiger partial charge in [-0.05, 0) is 103 Å². The molecule has 0 saturated carbocycles. The smallest absolute Gasteiger partial charge is 0.274 e. The molecule has 1 atom stereocenters. The van der Waals surface area contributed by atoms with Gasteiger partial charge < -0.3 is 24.6 Å². The topological polar surface area (TPSA) is 99.9 Å². The number of nitrogens with zero attached hydrogens (tertiary/aromatic N) is 4. The van der Waals surface area contributed by atoms with Crippen molar-refractivity contribution in [2.45, 2.75) is 65.5 Å². The number of unbranched alkanes of at least 4 members (excludes halogenated alkanes) is 2. The van der Waals surface area contributed by atoms with Crippen molar-refractivity contribution in [1.82, 2.24) is 19.6 Å². The largest absolute Gasteiger partial charge is 0.457 e. The van der Waals surface area contributed by atoms with Crippen LogP contribution in [0.25, 0.3) is 5.69 Å². The summed E-state index contributed by atoms with van der Waals surface area (Å²) in [7, 11) is -1.03. The van der Waals surface area contributed by atoms with Crippen LogP contribution in [0, 0.1) is 12.7 Å². The van der Waals surface area contributed by atoms with Crippen LogP contribution in [0.3, 0.4) is 0 Å². The first-order valence-electron chi connectivity index (χ1n) is 18.5. The number of halogens is 1. The number of benzene rings is 4. The number of fused-ring (bicyclic) bond motifs is 1. The zero-order valence-electron chi connectivity index (χ0n) is 30.7. The van der Waals surface area contributed by atoms with E-state index in [0.29, 0.717) is 54.5 Å². The molecule has 11 heteroatoms. The number of carbonyl (C=O) groups is 2. The molecule has 0 spiro atoms. The summed E-state index contributed by atoms with van der Waals surface area (Å²) in [5.41, 5.74) is 5.09. The number of carbonyl (C=O) groups excluding carboxylic acids is 2. The maximum atomic E-state index is 14.6. The Labute approximate surface area is 313 Å². The normalized spacial score (nSPS) is 14.0. The summed E-state index contributed by atoms with van der Waals surface area (Å²) in [6.07, 6.45) is 4.38. The molecule has 2 N–H and O–H groups in total. The summed E-state index contributed by atoms with van der Waals surface area (Å²) in [6.45, 7) is 7.71. The molecule has 2 heterocycles. The van der Waals surface area contributed by atoms with Crippen LogP contribution in [-0.2, 0) is 13.0 Å². The number of aryl methyl sites for hydroxylation is 1. The number of aliphatic hydroxyl groups excluding tert-OH is 1. The second kappa shape index (κ2) is 17.5. The van der Waals surface area contributed by atoms with E-state index in [-0.39, 0.29) is 30.3 Å². The molecule has 4 aromatic carbocycles. The summed E-state index contributed by atoms with van der Waals surface area (Å²) in [4.78, 5) is 35.6. The quantitative estimate of drug-likeness (QED) is 0.119. The number of aromatic nitrogens is 2. The molecular weight excluding hydrogens is 686 g/mol. The van der Waals surface area contributed by atoms with Gasteiger partial charge in [-0.15, -0.1) is 0 Å². The minimum absolute atomic E-state index is 0.104. The lowest BCUT2D eigenvalue weighted by Gasteiger charge is -2.36. The van der Waals surface area contributed by atoms with Crippen LogP contribution in [0.4, 0.5) is 10.1 Å². The van der Waals surface area contributed by atoms with Crippen molar-refractivity contribution in [2.75, 3.05) is 24.7 Å². The minimum atomic E-state index is -1.03. The van der Waals surface area contributed by atoms with Gasteiger partial charge >= 0.3 is 0 Å². The second-order valence-electron chi connectivity index (χ2n) is 13.6. The van der Waals surface area contributed by atoms with E-state index in [0.717, 1.165) is 53.4 Å². The van der Waals surface area contributed by atoms with Crippen LogP contribution in [0.2, 0.25) is 0 Å². The number of amides is 2. The Bertz CT molecular complexity index is 2010. The molecular formula is C42H48FN5O4Si. The first-order valence-corrected chi connectivity index (χ1v) is 19.9. The van der Waals surface area contributed by atoms with Crippen molar-refractivity contribution in [2.24, 2.45) is 0 Å². The van der Waals surface area contributed by atoms with Crippen LogP contribution in [-0.4, -0.2) is 71.9 Å². The van der Waals surface area contributed by atoms with Crippen LogP contribution in [0.1, 0.15) is 77.2 Å². The van der Waals surface area contributed by atoms with Gasteiger partial charge in [0.05, 0.1) is 23.9 Å². The van der Waals surface area contributed by atoms with E-state index in [2.05, 4.69) is 24.9 Å². The van der Waals surface area contributed by atoms with E-state index in [1.807, 2.05) is 72.5 Å². The lowest BCUT2D eigenvalue weighted by Crippen LogP contribution is -2.46. The van der Waals surface area contributed by atoms with Crippen LogP contribution in [0.5, 0.6) is 11.5 Å². The molecule has 0 aliphatic carbocycles. The first-order chi connectivity index (χ1) is 25.8. The zero-order valence-corrected chi connectivity index (χ0v) is 32.1. The average Bonchev–Trinajstić information content (AvgIpc) is 3.58. The molecule has 1 unspecified atom stereocenters. The molecule has 1 aliphatic rings. The van der Waals surface area contributed by atoms with Crippen molar-refractivity contribution < 1.29 is 23.8 Å². The van der Waals surface area contributed by atoms with Gasteiger partial charge in [0.1, 0.15) is 17.3 Å². The predicted octanol–water partition coefficient (Wildman–Crippen LogP) is 6.54. The number of nitrogens with one attached hydrogen (secondary N) is 1. The molecule has 0 saturated heterocycles. The van der Waals surface area contributed by atoms with E-state index in [1.165, 1.54) is 12.1 Å². The Morgan fingerprint density at radius 1 is 0.925 bits per heavy atom. The Morgan fingerprint density at radius 2 is 1.58 bits per heavy atom. The van der Waals surface area contributed by atoms with Crippen LogP contribution >= 0.6 is 0 Å². The Balaban J connectivity index is 1.29. The second-order valence-corrected chi connectivity index (χ2v) is 15.1. The monoisotopic (exact) mass is 733 g/mol. The maximum absolute atomic E-state index is 14.6. The zero-order chi connectivity index (χ0) is 37.3. The number of hydrogen-bond donors (Lipinski definition) is 2. The van der Waals surface area contributed by atoms with E-state index >= 15 is 0 Å². The lowest BCUT2D eigenvalue weighted by atomic mass is 9.93. The fourth-order valence-corrected chi connectivity index (χ4v) is 7.76. The molecule has 1 aliphatic heterocycles. The Morgan fingerprint density at radius 3 is 2.25 bits per heavy atom. The van der Waals surface area contributed by atoms with Gasteiger partial charge in [-0.25, -0.2) is 9.07 Å². The molecule has 1 aromatic heterocycles. The SMILES string of the molecule is CCCCN(CCCC)C(=O)c1cc(C)n(-c2ccc(N[SiH2]c3ccc(Oc4ccc(F)cc4)cc3)cc2C(=O)N2Cc3ccccc3CC2CO)n1. The van der Waals surface area contributed by atoms with Crippen LogP contribution < -0.4 is 14.9 Å². The first kappa shape index (κ1) is 37.5. The third kappa shape index (κ3) is 9.04. The van der Waals surface area contributed by atoms with Gasteiger partial charge in [-0.3, -0.25) is 9.59 Å². The summed E-state index contributed by atoms with van der Waals surface area (Å²) in [6, 6.07) is 28.8. The third-order valence-corrected chi connectivity index (χ3v) is 11.2. The molecule has 0 fully saturated rings. The average molecular weight is 734 g/mol. The minimum Gasteiger partial charge on any atom is -0.457 e. The van der Waals surface area contributed by atoms with Crippen molar-refractivity contribution in [3.8, 4) is 17.2 Å². The highest BCUT2D eigenvalue weighted by Gasteiger charge is 2.32. The van der Waals surface area contributed by atoms with E-state index in [9.17, 15) is 19.1 Å². The third-order valence-electron chi connectivity index (χ3n) is 9.71. The fourth-order valence-electron chi connectivity index (χ4n) is 6.66. The molecule has 9 nitrogen and oxygen atoms in total. The standard InChI is InChI=1S/C42H48FN5O4Si/c1-4-6-22-46(23-7-5-2)42(51)39-24-29(3)48(44-39)40-21-14-33(45-53-37-19-17-36(18-20-37)52-35-15-12-32(43)13-16-35)26-38(40)41(50)47-27-31-11-9-8-10-30(31)25-34(47)28-49/h8-21,24,26,34,45,49H,4-7,22-23,25,27-28,53H2,1-3H3. The number of ether oxygens (including phenoxy) is 1. The predicted molar refractivity (Wildman–Crippen MR) is 210 cm³/mol. The Hall–Kier alpha value is -5.26.